The van der Waals surface area contributed by atoms with Gasteiger partial charge in [-0.15, -0.1) is 5.10 Å². The Kier molecular flexibility index (Phi) is 12.9. The molecule has 54 heavy (non-hydrogen) atoms. The number of pyridine rings is 2. The van der Waals surface area contributed by atoms with E-state index in [0.717, 1.165) is 32.1 Å². The first-order valence-electron chi connectivity index (χ1n) is 18.3. The minimum atomic E-state index is -1.37. The summed E-state index contributed by atoms with van der Waals surface area (Å²) in [6, 6.07) is -0.782. The maximum Gasteiger partial charge on any atom is 0.404 e. The van der Waals surface area contributed by atoms with Crippen molar-refractivity contribution in [2.75, 3.05) is 13.1 Å². The van der Waals surface area contributed by atoms with Gasteiger partial charge in [-0.2, -0.15) is 0 Å². The Morgan fingerprint density at radius 1 is 1.02 bits per heavy atom. The lowest BCUT2D eigenvalue weighted by atomic mass is 9.84. The SMILES string of the molecule is CC(C)(O)c1cnnn1[C@H]1C[C@@H](C(=O)NC(CCCCNC(=O)O)C(=O)C(N)=O)N(C(=O)C(CC2CCCCC2)NC(=O)c2cnc3cnccc3c2)C1. The van der Waals surface area contributed by atoms with E-state index in [0.29, 0.717) is 29.4 Å². The van der Waals surface area contributed by atoms with Crippen molar-refractivity contribution in [1.82, 2.24) is 45.8 Å². The van der Waals surface area contributed by atoms with Gasteiger partial charge in [-0.1, -0.05) is 37.3 Å². The van der Waals surface area contributed by atoms with E-state index < -0.39 is 65.3 Å². The molecule has 0 spiro atoms. The van der Waals surface area contributed by atoms with E-state index in [1.54, 1.807) is 38.4 Å². The smallest absolute Gasteiger partial charge is 0.404 e. The van der Waals surface area contributed by atoms with Crippen molar-refractivity contribution >= 4 is 46.4 Å². The Labute approximate surface area is 311 Å². The van der Waals surface area contributed by atoms with E-state index >= 15 is 0 Å². The fourth-order valence-corrected chi connectivity index (χ4v) is 7.33. The van der Waals surface area contributed by atoms with Gasteiger partial charge >= 0.3 is 6.09 Å². The van der Waals surface area contributed by atoms with Gasteiger partial charge in [0.15, 0.2) is 0 Å². The number of carboxylic acid groups (broad SMARTS) is 1. The van der Waals surface area contributed by atoms with Crippen LogP contribution >= 0.6 is 0 Å². The number of hydrogen-bond acceptors (Lipinski definition) is 11. The van der Waals surface area contributed by atoms with Crippen LogP contribution in [0.15, 0.2) is 36.9 Å². The molecule has 18 heteroatoms. The predicted molar refractivity (Wildman–Crippen MR) is 192 cm³/mol. The van der Waals surface area contributed by atoms with Crippen molar-refractivity contribution in [3.8, 4) is 0 Å². The molecule has 4 atom stereocenters. The van der Waals surface area contributed by atoms with Gasteiger partial charge in [-0.25, -0.2) is 9.48 Å². The van der Waals surface area contributed by atoms with E-state index in [2.05, 4.69) is 36.2 Å². The van der Waals surface area contributed by atoms with Gasteiger partial charge in [0, 0.05) is 37.3 Å². The van der Waals surface area contributed by atoms with Crippen LogP contribution < -0.4 is 21.7 Å². The Morgan fingerprint density at radius 2 is 1.78 bits per heavy atom. The lowest BCUT2D eigenvalue weighted by Gasteiger charge is -2.32. The number of fused-ring (bicyclic) bond motifs is 1. The van der Waals surface area contributed by atoms with Crippen LogP contribution in [0, 0.1) is 5.92 Å². The first kappa shape index (κ1) is 39.7. The molecule has 1 aliphatic carbocycles. The van der Waals surface area contributed by atoms with Crippen LogP contribution in [0.2, 0.25) is 0 Å². The Bertz CT molecular complexity index is 1850. The summed E-state index contributed by atoms with van der Waals surface area (Å²) < 4.78 is 1.47. The molecule has 2 aliphatic rings. The molecule has 2 unspecified atom stereocenters. The number of carbonyl (C=O) groups excluding carboxylic acids is 5. The molecule has 1 saturated carbocycles. The standard InChI is InChI=1S/C36H48N10O8/c1-36(2,54)29-19-41-44-46(29)24-16-28(33(50)42-25(30(47)31(37)48)10-6-7-12-39-35(52)53)45(20-24)34(51)26(14-21-8-4-3-5-9-21)43-32(49)23-15-22-11-13-38-18-27(22)40-17-23/h11,13,15,17-19,21,24-26,28,39,54H,3-10,12,14,16,20H2,1-2H3,(H2,37,48)(H,42,50)(H,43,49)(H,52,53)/t24-,25?,26?,28-/m0/s1. The van der Waals surface area contributed by atoms with Crippen molar-refractivity contribution in [2.24, 2.45) is 11.7 Å². The monoisotopic (exact) mass is 748 g/mol. The molecule has 5 rings (SSSR count). The molecular formula is C36H48N10O8. The maximum absolute atomic E-state index is 14.8. The van der Waals surface area contributed by atoms with Crippen molar-refractivity contribution in [3.05, 3.63) is 48.2 Å². The van der Waals surface area contributed by atoms with E-state index in [9.17, 15) is 33.9 Å². The first-order chi connectivity index (χ1) is 25.7. The molecule has 5 amide bonds. The normalized spacial score (nSPS) is 18.8. The third-order valence-corrected chi connectivity index (χ3v) is 10.1. The number of primary amides is 1. The molecule has 0 radical (unpaired) electrons. The third kappa shape index (κ3) is 9.91. The number of carbonyl (C=O) groups is 6. The van der Waals surface area contributed by atoms with Gasteiger partial charge in [0.2, 0.25) is 17.6 Å². The highest BCUT2D eigenvalue weighted by molar-refractivity contribution is 6.37. The molecular weight excluding hydrogens is 700 g/mol. The van der Waals surface area contributed by atoms with Crippen LogP contribution in [-0.4, -0.2) is 107 Å². The first-order valence-corrected chi connectivity index (χ1v) is 18.3. The predicted octanol–water partition coefficient (Wildman–Crippen LogP) is 1.34. The van der Waals surface area contributed by atoms with E-state index in [1.807, 2.05) is 0 Å². The number of nitrogens with one attached hydrogen (secondary N) is 3. The van der Waals surface area contributed by atoms with E-state index in [-0.39, 0.29) is 43.8 Å². The maximum atomic E-state index is 14.8. The van der Waals surface area contributed by atoms with Gasteiger partial charge in [-0.3, -0.25) is 33.9 Å². The number of nitrogens with zero attached hydrogens (tertiary/aromatic N) is 6. The average molecular weight is 749 g/mol. The fraction of sp³-hybridized carbons (Fsp3) is 0.556. The highest BCUT2D eigenvalue weighted by Crippen LogP contribution is 2.33. The number of aromatic nitrogens is 5. The van der Waals surface area contributed by atoms with Gasteiger partial charge in [-0.05, 0) is 57.6 Å². The van der Waals surface area contributed by atoms with Gasteiger partial charge < -0.3 is 36.8 Å². The summed E-state index contributed by atoms with van der Waals surface area (Å²) in [6.07, 6.45) is 10.5. The second kappa shape index (κ2) is 17.5. The minimum Gasteiger partial charge on any atom is -0.465 e. The largest absolute Gasteiger partial charge is 0.465 e. The van der Waals surface area contributed by atoms with Crippen LogP contribution in [0.3, 0.4) is 0 Å². The topological polar surface area (TPSA) is 265 Å². The zero-order valence-corrected chi connectivity index (χ0v) is 30.4. The van der Waals surface area contributed by atoms with Crippen molar-refractivity contribution in [2.45, 2.75) is 108 Å². The fourth-order valence-electron chi connectivity index (χ4n) is 7.33. The highest BCUT2D eigenvalue weighted by atomic mass is 16.4. The number of rotatable bonds is 16. The lowest BCUT2D eigenvalue weighted by molar-refractivity contribution is -0.142. The van der Waals surface area contributed by atoms with Crippen molar-refractivity contribution < 1.29 is 39.0 Å². The molecule has 2 fully saturated rings. The van der Waals surface area contributed by atoms with Crippen molar-refractivity contribution in [1.29, 1.82) is 0 Å². The third-order valence-electron chi connectivity index (χ3n) is 10.1. The second-order valence-corrected chi connectivity index (χ2v) is 14.6. The number of aliphatic hydroxyl groups is 1. The summed E-state index contributed by atoms with van der Waals surface area (Å²) in [6.45, 7) is 3.17. The quantitative estimate of drug-likeness (QED) is 0.0896. The summed E-state index contributed by atoms with van der Waals surface area (Å²) in [5.41, 5.74) is 5.15. The summed E-state index contributed by atoms with van der Waals surface area (Å²) in [5, 5.41) is 36.3. The van der Waals surface area contributed by atoms with Crippen LogP contribution in [0.25, 0.3) is 10.9 Å². The van der Waals surface area contributed by atoms with Crippen molar-refractivity contribution in [3.63, 3.8) is 0 Å². The molecule has 0 bridgehead atoms. The second-order valence-electron chi connectivity index (χ2n) is 14.6. The Morgan fingerprint density at radius 3 is 2.48 bits per heavy atom. The Balaban J connectivity index is 1.44. The van der Waals surface area contributed by atoms with E-state index in [1.165, 1.54) is 22.0 Å². The number of ketones is 1. The summed E-state index contributed by atoms with van der Waals surface area (Å²) in [7, 11) is 0. The average Bonchev–Trinajstić information content (AvgIpc) is 3.82. The summed E-state index contributed by atoms with van der Waals surface area (Å²) in [5.74, 6) is -3.91. The molecule has 1 aliphatic heterocycles. The van der Waals surface area contributed by atoms with Crippen LogP contribution in [0.4, 0.5) is 4.79 Å². The molecule has 0 aromatic carbocycles. The molecule has 4 heterocycles. The Hall–Kier alpha value is -5.52. The lowest BCUT2D eigenvalue weighted by Crippen LogP contribution is -2.56. The summed E-state index contributed by atoms with van der Waals surface area (Å²) >= 11 is 0. The molecule has 3 aromatic heterocycles. The van der Waals surface area contributed by atoms with Gasteiger partial charge in [0.05, 0.1) is 41.3 Å². The summed E-state index contributed by atoms with van der Waals surface area (Å²) in [4.78, 5) is 88.1. The number of likely N-dealkylation sites (tertiary alicyclic amines) is 1. The molecule has 3 aromatic rings. The number of Topliss-reactive ketones (excluding diaryl/α,β-unsaturated/α-hetero) is 1. The van der Waals surface area contributed by atoms with E-state index in [4.69, 9.17) is 10.8 Å². The molecule has 18 nitrogen and oxygen atoms in total. The molecule has 290 valence electrons. The zero-order valence-electron chi connectivity index (χ0n) is 30.4. The highest BCUT2D eigenvalue weighted by Gasteiger charge is 2.45. The number of hydrogen-bond donors (Lipinski definition) is 6. The van der Waals surface area contributed by atoms with Gasteiger partial charge in [0.25, 0.3) is 11.8 Å². The molecule has 1 saturated heterocycles. The number of nitrogens with two attached hydrogens (primary N) is 1. The number of unbranched alkanes of at least 4 members (excludes halogenated alkanes) is 1. The number of amides is 5. The molecule has 7 N–H and O–H groups in total. The van der Waals surface area contributed by atoms with Crippen LogP contribution in [0.1, 0.15) is 100 Å². The van der Waals surface area contributed by atoms with Crippen LogP contribution in [-0.2, 0) is 24.8 Å². The zero-order chi connectivity index (χ0) is 39.0. The minimum absolute atomic E-state index is 0.0107. The van der Waals surface area contributed by atoms with Gasteiger partial charge in [0.1, 0.15) is 17.7 Å². The van der Waals surface area contributed by atoms with Crippen LogP contribution in [0.5, 0.6) is 0 Å².